The molecule has 1 fully saturated rings. The fraction of sp³-hybridized carbons (Fsp3) is 0.222. The molecule has 0 radical (unpaired) electrons. The van der Waals surface area contributed by atoms with Crippen LogP contribution in [0.3, 0.4) is 0 Å². The zero-order chi connectivity index (χ0) is 16.9. The molecular weight excluding hydrogens is 348 g/mol. The third-order valence-corrected chi connectivity index (χ3v) is 5.17. The van der Waals surface area contributed by atoms with Gasteiger partial charge in [-0.2, -0.15) is 0 Å². The van der Waals surface area contributed by atoms with E-state index in [2.05, 4.69) is 10.2 Å². The summed E-state index contributed by atoms with van der Waals surface area (Å²) in [6.07, 6.45) is 1.94. The van der Waals surface area contributed by atoms with E-state index in [9.17, 15) is 4.39 Å². The van der Waals surface area contributed by atoms with Gasteiger partial charge in [0.2, 0.25) is 0 Å². The smallest absolute Gasteiger partial charge is 0.165 e. The summed E-state index contributed by atoms with van der Waals surface area (Å²) < 4.78 is 15.2. The zero-order valence-electron chi connectivity index (χ0n) is 12.9. The van der Waals surface area contributed by atoms with Crippen LogP contribution in [0.2, 0.25) is 10.0 Å². The summed E-state index contributed by atoms with van der Waals surface area (Å²) in [5, 5.41) is 9.87. The molecule has 1 aliphatic carbocycles. The van der Waals surface area contributed by atoms with Crippen LogP contribution in [0.5, 0.6) is 0 Å². The minimum absolute atomic E-state index is 0.188. The largest absolute Gasteiger partial charge is 0.313 e. The Bertz CT molecular complexity index is 915. The minimum Gasteiger partial charge on any atom is -0.313 e. The van der Waals surface area contributed by atoms with Crippen LogP contribution in [-0.2, 0) is 12.5 Å². The fourth-order valence-corrected chi connectivity index (χ4v) is 3.68. The second-order valence-electron chi connectivity index (χ2n) is 6.12. The third kappa shape index (κ3) is 2.41. The predicted molar refractivity (Wildman–Crippen MR) is 92.9 cm³/mol. The fourth-order valence-electron chi connectivity index (χ4n) is 3.19. The van der Waals surface area contributed by atoms with Gasteiger partial charge in [-0.3, -0.25) is 0 Å². The molecule has 4 rings (SSSR count). The van der Waals surface area contributed by atoms with Crippen LogP contribution in [0.1, 0.15) is 24.2 Å². The van der Waals surface area contributed by atoms with Crippen LogP contribution >= 0.6 is 23.2 Å². The predicted octanol–water partition coefficient (Wildman–Crippen LogP) is 5.01. The molecule has 24 heavy (non-hydrogen) atoms. The monoisotopic (exact) mass is 361 g/mol. The van der Waals surface area contributed by atoms with Crippen LogP contribution in [0, 0.1) is 5.82 Å². The van der Waals surface area contributed by atoms with Gasteiger partial charge in [0, 0.05) is 17.6 Å². The van der Waals surface area contributed by atoms with E-state index >= 15 is 0 Å². The first-order valence-electron chi connectivity index (χ1n) is 7.63. The number of aromatic nitrogens is 3. The van der Waals surface area contributed by atoms with Gasteiger partial charge in [-0.05, 0) is 48.7 Å². The van der Waals surface area contributed by atoms with Gasteiger partial charge in [0.25, 0.3) is 0 Å². The average molecular weight is 362 g/mol. The number of hydrogen-bond acceptors (Lipinski definition) is 2. The maximum Gasteiger partial charge on any atom is 0.165 e. The normalized spacial score (nSPS) is 15.5. The van der Waals surface area contributed by atoms with Crippen molar-refractivity contribution in [3.63, 3.8) is 0 Å². The molecule has 0 spiro atoms. The van der Waals surface area contributed by atoms with E-state index in [1.807, 2.05) is 29.8 Å². The van der Waals surface area contributed by atoms with Crippen molar-refractivity contribution < 1.29 is 4.39 Å². The van der Waals surface area contributed by atoms with Crippen molar-refractivity contribution >= 4 is 23.2 Å². The second kappa shape index (κ2) is 5.57. The summed E-state index contributed by atoms with van der Waals surface area (Å²) in [4.78, 5) is 0. The Morgan fingerprint density at radius 1 is 1.04 bits per heavy atom. The number of hydrogen-bond donors (Lipinski definition) is 0. The van der Waals surface area contributed by atoms with E-state index in [0.29, 0.717) is 15.9 Å². The van der Waals surface area contributed by atoms with Gasteiger partial charge in [0.05, 0.1) is 10.4 Å². The lowest BCUT2D eigenvalue weighted by Gasteiger charge is -2.15. The molecule has 0 saturated heterocycles. The molecule has 122 valence electrons. The highest BCUT2D eigenvalue weighted by molar-refractivity contribution is 6.36. The molecule has 1 aromatic heterocycles. The van der Waals surface area contributed by atoms with Crippen molar-refractivity contribution in [3.8, 4) is 11.4 Å². The van der Waals surface area contributed by atoms with E-state index in [0.717, 1.165) is 29.8 Å². The molecule has 0 amide bonds. The van der Waals surface area contributed by atoms with Crippen molar-refractivity contribution in [3.05, 3.63) is 69.7 Å². The molecule has 0 aliphatic heterocycles. The van der Waals surface area contributed by atoms with Gasteiger partial charge >= 0.3 is 0 Å². The Balaban J connectivity index is 1.79. The SMILES string of the molecule is Cn1c(-c2ccc(Cl)cc2Cl)nnc1C1(c2ccc(F)cc2)CC1. The Hall–Kier alpha value is -1.91. The van der Waals surface area contributed by atoms with Crippen LogP contribution < -0.4 is 0 Å². The third-order valence-electron chi connectivity index (χ3n) is 4.62. The van der Waals surface area contributed by atoms with Gasteiger partial charge in [0.15, 0.2) is 5.82 Å². The summed E-state index contributed by atoms with van der Waals surface area (Å²) in [5.41, 5.74) is 1.66. The first kappa shape index (κ1) is 15.6. The Morgan fingerprint density at radius 2 is 1.75 bits per heavy atom. The molecule has 0 N–H and O–H groups in total. The molecule has 1 heterocycles. The van der Waals surface area contributed by atoms with Crippen LogP contribution in [0.25, 0.3) is 11.4 Å². The van der Waals surface area contributed by atoms with Crippen molar-refractivity contribution in [2.45, 2.75) is 18.3 Å². The van der Waals surface area contributed by atoms with Crippen molar-refractivity contribution in [1.29, 1.82) is 0 Å². The van der Waals surface area contributed by atoms with E-state index in [-0.39, 0.29) is 11.2 Å². The summed E-state index contributed by atoms with van der Waals surface area (Å²) in [5.74, 6) is 1.33. The first-order chi connectivity index (χ1) is 11.5. The molecule has 1 saturated carbocycles. The highest BCUT2D eigenvalue weighted by Crippen LogP contribution is 2.53. The van der Waals surface area contributed by atoms with Gasteiger partial charge < -0.3 is 4.57 Å². The van der Waals surface area contributed by atoms with E-state index < -0.39 is 0 Å². The summed E-state index contributed by atoms with van der Waals surface area (Å²) in [7, 11) is 1.93. The maximum absolute atomic E-state index is 13.2. The maximum atomic E-state index is 13.2. The summed E-state index contributed by atoms with van der Waals surface area (Å²) in [6.45, 7) is 0. The lowest BCUT2D eigenvalue weighted by atomic mass is 9.95. The second-order valence-corrected chi connectivity index (χ2v) is 6.96. The number of benzene rings is 2. The molecule has 6 heteroatoms. The van der Waals surface area contributed by atoms with E-state index in [1.165, 1.54) is 12.1 Å². The first-order valence-corrected chi connectivity index (χ1v) is 8.38. The topological polar surface area (TPSA) is 30.7 Å². The van der Waals surface area contributed by atoms with Crippen molar-refractivity contribution in [1.82, 2.24) is 14.8 Å². The molecule has 1 aliphatic rings. The van der Waals surface area contributed by atoms with Gasteiger partial charge in [-0.1, -0.05) is 35.3 Å². The lowest BCUT2D eigenvalue weighted by Crippen LogP contribution is -2.15. The average Bonchev–Trinajstić information content (AvgIpc) is 3.26. The quantitative estimate of drug-likeness (QED) is 0.656. The minimum atomic E-state index is -0.235. The molecule has 3 aromatic rings. The number of nitrogens with zero attached hydrogens (tertiary/aromatic N) is 3. The lowest BCUT2D eigenvalue weighted by molar-refractivity contribution is 0.624. The van der Waals surface area contributed by atoms with Crippen LogP contribution in [0.15, 0.2) is 42.5 Å². The van der Waals surface area contributed by atoms with Gasteiger partial charge in [0.1, 0.15) is 11.6 Å². The molecule has 2 aromatic carbocycles. The van der Waals surface area contributed by atoms with Crippen LogP contribution in [-0.4, -0.2) is 14.8 Å². The summed E-state index contributed by atoms with van der Waals surface area (Å²) in [6, 6.07) is 11.9. The molecular formula is C18H14Cl2FN3. The van der Waals surface area contributed by atoms with E-state index in [1.54, 1.807) is 12.1 Å². The molecule has 0 atom stereocenters. The van der Waals surface area contributed by atoms with Crippen molar-refractivity contribution in [2.75, 3.05) is 0 Å². The number of rotatable bonds is 3. The molecule has 3 nitrogen and oxygen atoms in total. The number of halogens is 3. The van der Waals surface area contributed by atoms with Gasteiger partial charge in [-0.15, -0.1) is 10.2 Å². The Kier molecular flexibility index (Phi) is 3.62. The Morgan fingerprint density at radius 3 is 2.38 bits per heavy atom. The van der Waals surface area contributed by atoms with E-state index in [4.69, 9.17) is 23.2 Å². The van der Waals surface area contributed by atoms with Gasteiger partial charge in [-0.25, -0.2) is 4.39 Å². The highest BCUT2D eigenvalue weighted by Gasteiger charge is 2.50. The van der Waals surface area contributed by atoms with Crippen molar-refractivity contribution in [2.24, 2.45) is 7.05 Å². The highest BCUT2D eigenvalue weighted by atomic mass is 35.5. The van der Waals surface area contributed by atoms with Crippen LogP contribution in [0.4, 0.5) is 4.39 Å². The zero-order valence-corrected chi connectivity index (χ0v) is 14.4. The summed E-state index contributed by atoms with van der Waals surface area (Å²) >= 11 is 12.3. The Labute approximate surface area is 149 Å². The molecule has 0 bridgehead atoms. The standard InChI is InChI=1S/C18H14Cl2FN3/c1-24-16(14-7-4-12(19)10-15(14)20)22-23-17(24)18(8-9-18)11-2-5-13(21)6-3-11/h2-7,10H,8-9H2,1H3. The molecule has 0 unspecified atom stereocenters.